The van der Waals surface area contributed by atoms with Gasteiger partial charge < -0.3 is 4.98 Å². The van der Waals surface area contributed by atoms with Crippen molar-refractivity contribution in [3.8, 4) is 0 Å². The number of aromatic amines is 1. The molecule has 0 atom stereocenters. The lowest BCUT2D eigenvalue weighted by Crippen LogP contribution is -2.06. The molecule has 2 aromatic heterocycles. The maximum absolute atomic E-state index is 12.0. The molecule has 0 radical (unpaired) electrons. The van der Waals surface area contributed by atoms with Crippen LogP contribution < -0.4 is 0 Å². The summed E-state index contributed by atoms with van der Waals surface area (Å²) in [5.74, 6) is -0.0358. The Hall–Kier alpha value is -2.56. The molecular formula is C12H8N4O. The monoisotopic (exact) mass is 224 g/mol. The third-order valence-electron chi connectivity index (χ3n) is 2.41. The number of hydrogen-bond donors (Lipinski definition) is 1. The molecule has 0 bridgehead atoms. The van der Waals surface area contributed by atoms with E-state index in [1.165, 1.54) is 6.33 Å². The fourth-order valence-corrected chi connectivity index (χ4v) is 1.56. The van der Waals surface area contributed by atoms with E-state index >= 15 is 0 Å². The van der Waals surface area contributed by atoms with Gasteiger partial charge in [-0.25, -0.2) is 15.0 Å². The number of carbonyl (C=O) groups excluding carboxylic acids is 1. The molecule has 5 nitrogen and oxygen atoms in total. The summed E-state index contributed by atoms with van der Waals surface area (Å²) in [6, 6.07) is 8.94. The molecule has 0 aliphatic carbocycles. The Balaban J connectivity index is 2.06. The van der Waals surface area contributed by atoms with Gasteiger partial charge in [0.25, 0.3) is 0 Å². The maximum atomic E-state index is 12.0. The van der Waals surface area contributed by atoms with Gasteiger partial charge in [0.05, 0.1) is 12.5 Å². The Bertz CT molecular complexity index is 675. The summed E-state index contributed by atoms with van der Waals surface area (Å²) < 4.78 is 0. The van der Waals surface area contributed by atoms with E-state index in [1.807, 2.05) is 6.07 Å². The fourth-order valence-electron chi connectivity index (χ4n) is 1.56. The number of nitrogens with one attached hydrogen (secondary N) is 1. The van der Waals surface area contributed by atoms with Crippen molar-refractivity contribution in [2.45, 2.75) is 0 Å². The highest BCUT2D eigenvalue weighted by Crippen LogP contribution is 2.08. The van der Waals surface area contributed by atoms with Crippen LogP contribution in [0.3, 0.4) is 0 Å². The zero-order valence-electron chi connectivity index (χ0n) is 8.79. The molecule has 0 saturated heterocycles. The van der Waals surface area contributed by atoms with E-state index in [9.17, 15) is 4.79 Å². The summed E-state index contributed by atoms with van der Waals surface area (Å²) in [5, 5.41) is 0. The smallest absolute Gasteiger partial charge is 0.230 e. The van der Waals surface area contributed by atoms with Gasteiger partial charge in [-0.2, -0.15) is 0 Å². The van der Waals surface area contributed by atoms with Crippen LogP contribution in [0.2, 0.25) is 0 Å². The molecule has 0 amide bonds. The number of aromatic nitrogens is 4. The van der Waals surface area contributed by atoms with Crippen LogP contribution in [0, 0.1) is 0 Å². The maximum Gasteiger partial charge on any atom is 0.230 e. The van der Waals surface area contributed by atoms with Gasteiger partial charge in [0.2, 0.25) is 11.6 Å². The molecule has 0 spiro atoms. The van der Waals surface area contributed by atoms with Crippen molar-refractivity contribution in [2.75, 3.05) is 0 Å². The Kier molecular flexibility index (Phi) is 2.15. The van der Waals surface area contributed by atoms with Crippen molar-refractivity contribution >= 4 is 16.9 Å². The molecule has 3 rings (SSSR count). The van der Waals surface area contributed by atoms with Gasteiger partial charge in [-0.15, -0.1) is 0 Å². The predicted octanol–water partition coefficient (Wildman–Crippen LogP) is 1.58. The number of benzene rings is 1. The molecule has 1 N–H and O–H groups in total. The number of imidazole rings is 1. The van der Waals surface area contributed by atoms with Crippen LogP contribution in [-0.2, 0) is 0 Å². The molecule has 0 aliphatic rings. The first-order valence-corrected chi connectivity index (χ1v) is 5.10. The number of nitrogens with zero attached hydrogens (tertiary/aromatic N) is 3. The van der Waals surface area contributed by atoms with Crippen molar-refractivity contribution in [3.05, 3.63) is 54.2 Å². The Morgan fingerprint density at radius 2 is 1.94 bits per heavy atom. The van der Waals surface area contributed by atoms with Gasteiger partial charge in [0, 0.05) is 5.56 Å². The minimum absolute atomic E-state index is 0.163. The summed E-state index contributed by atoms with van der Waals surface area (Å²) in [7, 11) is 0. The predicted molar refractivity (Wildman–Crippen MR) is 61.6 cm³/mol. The van der Waals surface area contributed by atoms with E-state index in [0.717, 1.165) is 5.52 Å². The zero-order chi connectivity index (χ0) is 11.7. The Labute approximate surface area is 96.6 Å². The second-order valence-corrected chi connectivity index (χ2v) is 3.53. The van der Waals surface area contributed by atoms with E-state index in [1.54, 1.807) is 30.5 Å². The molecule has 0 aliphatic heterocycles. The van der Waals surface area contributed by atoms with E-state index in [0.29, 0.717) is 11.2 Å². The third-order valence-corrected chi connectivity index (χ3v) is 2.41. The molecule has 0 saturated carbocycles. The van der Waals surface area contributed by atoms with Crippen molar-refractivity contribution < 1.29 is 4.79 Å². The largest absolute Gasteiger partial charge is 0.342 e. The van der Waals surface area contributed by atoms with Crippen LogP contribution >= 0.6 is 0 Å². The van der Waals surface area contributed by atoms with Gasteiger partial charge in [-0.3, -0.25) is 4.79 Å². The summed E-state index contributed by atoms with van der Waals surface area (Å²) >= 11 is 0. The first kappa shape index (κ1) is 9.65. The average Bonchev–Trinajstić information content (AvgIpc) is 2.86. The van der Waals surface area contributed by atoms with Crippen LogP contribution in [0.15, 0.2) is 42.9 Å². The molecule has 0 unspecified atom stereocenters. The average molecular weight is 224 g/mol. The molecule has 17 heavy (non-hydrogen) atoms. The normalized spacial score (nSPS) is 10.6. The van der Waals surface area contributed by atoms with Crippen molar-refractivity contribution in [2.24, 2.45) is 0 Å². The lowest BCUT2D eigenvalue weighted by molar-refractivity contribution is 0.102. The fraction of sp³-hybridized carbons (Fsp3) is 0. The van der Waals surface area contributed by atoms with Crippen molar-refractivity contribution in [1.29, 1.82) is 0 Å². The van der Waals surface area contributed by atoms with Gasteiger partial charge in [0.1, 0.15) is 5.52 Å². The van der Waals surface area contributed by atoms with E-state index < -0.39 is 0 Å². The highest BCUT2D eigenvalue weighted by Gasteiger charge is 2.12. The number of ketones is 1. The lowest BCUT2D eigenvalue weighted by atomic mass is 10.1. The summed E-state index contributed by atoms with van der Waals surface area (Å²) in [6.07, 6.45) is 3.08. The summed E-state index contributed by atoms with van der Waals surface area (Å²) in [4.78, 5) is 27.1. The number of hydrogen-bond acceptors (Lipinski definition) is 4. The standard InChI is InChI=1S/C12H8N4O/c17-10(8-4-2-1-3-5-8)12-13-6-9-11(16-12)15-7-14-9/h1-7H,(H,13,14,15,16). The van der Waals surface area contributed by atoms with Gasteiger partial charge in [-0.1, -0.05) is 30.3 Å². The molecule has 1 aromatic carbocycles. The second kappa shape index (κ2) is 3.79. The van der Waals surface area contributed by atoms with E-state index in [4.69, 9.17) is 0 Å². The molecular weight excluding hydrogens is 216 g/mol. The number of H-pyrrole nitrogens is 1. The minimum atomic E-state index is -0.199. The van der Waals surface area contributed by atoms with E-state index in [2.05, 4.69) is 19.9 Å². The topological polar surface area (TPSA) is 71.5 Å². The van der Waals surface area contributed by atoms with Crippen LogP contribution in [-0.4, -0.2) is 25.7 Å². The molecule has 5 heteroatoms. The number of rotatable bonds is 2. The van der Waals surface area contributed by atoms with Gasteiger partial charge in [-0.05, 0) is 0 Å². The second-order valence-electron chi connectivity index (χ2n) is 3.53. The van der Waals surface area contributed by atoms with E-state index in [-0.39, 0.29) is 11.6 Å². The molecule has 0 fully saturated rings. The van der Waals surface area contributed by atoms with Crippen molar-refractivity contribution in [1.82, 2.24) is 19.9 Å². The quantitative estimate of drug-likeness (QED) is 0.671. The highest BCUT2D eigenvalue weighted by molar-refractivity contribution is 6.06. The lowest BCUT2D eigenvalue weighted by Gasteiger charge is -1.98. The first-order chi connectivity index (χ1) is 8.34. The van der Waals surface area contributed by atoms with Crippen LogP contribution in [0.5, 0.6) is 0 Å². The van der Waals surface area contributed by atoms with Gasteiger partial charge in [0.15, 0.2) is 5.65 Å². The van der Waals surface area contributed by atoms with Crippen LogP contribution in [0.25, 0.3) is 11.2 Å². The Morgan fingerprint density at radius 3 is 2.76 bits per heavy atom. The summed E-state index contributed by atoms with van der Waals surface area (Å²) in [5.41, 5.74) is 1.79. The number of carbonyl (C=O) groups is 1. The van der Waals surface area contributed by atoms with Crippen molar-refractivity contribution in [3.63, 3.8) is 0 Å². The van der Waals surface area contributed by atoms with Crippen LogP contribution in [0.4, 0.5) is 0 Å². The highest BCUT2D eigenvalue weighted by atomic mass is 16.1. The first-order valence-electron chi connectivity index (χ1n) is 5.10. The summed E-state index contributed by atoms with van der Waals surface area (Å²) in [6.45, 7) is 0. The molecule has 82 valence electrons. The van der Waals surface area contributed by atoms with Gasteiger partial charge >= 0.3 is 0 Å². The minimum Gasteiger partial charge on any atom is -0.342 e. The zero-order valence-corrected chi connectivity index (χ0v) is 8.79. The molecule has 3 aromatic rings. The van der Waals surface area contributed by atoms with Crippen LogP contribution in [0.1, 0.15) is 16.2 Å². The SMILES string of the molecule is O=C(c1ccccc1)c1ncc2[nH]cnc2n1. The molecule has 2 heterocycles. The Morgan fingerprint density at radius 1 is 1.12 bits per heavy atom. The number of fused-ring (bicyclic) bond motifs is 1. The third kappa shape index (κ3) is 1.67.